The van der Waals surface area contributed by atoms with Crippen LogP contribution < -0.4 is 0 Å². The summed E-state index contributed by atoms with van der Waals surface area (Å²) in [6.07, 6.45) is -8.74. The van der Waals surface area contributed by atoms with Gasteiger partial charge in [0.15, 0.2) is 11.5 Å². The second-order valence-electron chi connectivity index (χ2n) is 4.15. The molecule has 5 nitrogen and oxygen atoms in total. The van der Waals surface area contributed by atoms with Gasteiger partial charge in [-0.3, -0.25) is 0 Å². The maximum Gasteiger partial charge on any atom is 0.453 e. The number of aromatic nitrogens is 4. The lowest BCUT2D eigenvalue weighted by Crippen LogP contribution is -2.14. The van der Waals surface area contributed by atoms with E-state index in [9.17, 15) is 26.3 Å². The highest BCUT2D eigenvalue weighted by atomic mass is 19.4. The van der Waals surface area contributed by atoms with Gasteiger partial charge in [-0.05, 0) is 18.2 Å². The van der Waals surface area contributed by atoms with Crippen LogP contribution in [0.3, 0.4) is 0 Å². The van der Waals surface area contributed by atoms with Crippen molar-refractivity contribution in [3.63, 3.8) is 0 Å². The molecule has 3 heterocycles. The molecule has 0 saturated carbocycles. The molecule has 0 saturated heterocycles. The molecule has 0 N–H and O–H groups in total. The third-order valence-corrected chi connectivity index (χ3v) is 2.63. The van der Waals surface area contributed by atoms with Crippen LogP contribution in [0.1, 0.15) is 11.5 Å². The van der Waals surface area contributed by atoms with E-state index in [0.717, 1.165) is 0 Å². The highest BCUT2D eigenvalue weighted by Gasteiger charge is 2.40. The van der Waals surface area contributed by atoms with Crippen LogP contribution in [0.2, 0.25) is 0 Å². The van der Waals surface area contributed by atoms with E-state index in [1.807, 2.05) is 0 Å². The van der Waals surface area contributed by atoms with Crippen LogP contribution in [-0.2, 0) is 12.4 Å². The van der Waals surface area contributed by atoms with Gasteiger partial charge in [0.25, 0.3) is 11.6 Å². The van der Waals surface area contributed by atoms with Gasteiger partial charge in [0, 0.05) is 0 Å². The number of hydrogen-bond donors (Lipinski definition) is 0. The number of furan rings is 1. The van der Waals surface area contributed by atoms with Crippen LogP contribution in [0, 0.1) is 0 Å². The third-order valence-electron chi connectivity index (χ3n) is 2.63. The van der Waals surface area contributed by atoms with Gasteiger partial charge >= 0.3 is 12.4 Å². The molecule has 0 amide bonds. The van der Waals surface area contributed by atoms with E-state index in [-0.39, 0.29) is 16.0 Å². The van der Waals surface area contributed by atoms with Crippen molar-refractivity contribution in [2.24, 2.45) is 0 Å². The van der Waals surface area contributed by atoms with Gasteiger partial charge in [-0.2, -0.15) is 35.8 Å². The molecule has 3 aromatic rings. The van der Waals surface area contributed by atoms with Gasteiger partial charge in [-0.25, -0.2) is 4.98 Å². The second-order valence-corrected chi connectivity index (χ2v) is 4.15. The molecule has 0 radical (unpaired) electrons. The maximum atomic E-state index is 13.0. The van der Waals surface area contributed by atoms with E-state index in [1.54, 1.807) is 0 Å². The number of fused-ring (bicyclic) bond motifs is 1. The van der Waals surface area contributed by atoms with Gasteiger partial charge in [0.1, 0.15) is 5.69 Å². The van der Waals surface area contributed by atoms with Gasteiger partial charge in [0.05, 0.1) is 6.26 Å². The van der Waals surface area contributed by atoms with Crippen molar-refractivity contribution in [1.82, 2.24) is 19.6 Å². The zero-order chi connectivity index (χ0) is 16.1. The Hall–Kier alpha value is -2.59. The first-order chi connectivity index (χ1) is 10.2. The Morgan fingerprint density at radius 1 is 1.00 bits per heavy atom. The zero-order valence-electron chi connectivity index (χ0n) is 10.3. The summed E-state index contributed by atoms with van der Waals surface area (Å²) in [5.74, 6) is -2.57. The van der Waals surface area contributed by atoms with Crippen LogP contribution >= 0.6 is 0 Å². The molecule has 0 aromatic carbocycles. The lowest BCUT2D eigenvalue weighted by atomic mass is 10.2. The Morgan fingerprint density at radius 2 is 1.73 bits per heavy atom. The summed E-state index contributed by atoms with van der Waals surface area (Å²) in [7, 11) is 0. The standard InChI is InChI=1S/C11H4F6N4O/c12-10(13,14)7-4-5(6-2-1-3-22-6)18-9-19-8(11(15,16)17)20-21(7)9/h1-4H. The Kier molecular flexibility index (Phi) is 2.90. The fourth-order valence-corrected chi connectivity index (χ4v) is 1.74. The summed E-state index contributed by atoms with van der Waals surface area (Å²) in [4.78, 5) is 6.62. The molecule has 3 aromatic heterocycles. The van der Waals surface area contributed by atoms with E-state index in [4.69, 9.17) is 4.42 Å². The molecule has 0 atom stereocenters. The van der Waals surface area contributed by atoms with Gasteiger partial charge in [-0.1, -0.05) is 0 Å². The van der Waals surface area contributed by atoms with Crippen molar-refractivity contribution in [3.05, 3.63) is 36.0 Å². The normalized spacial score (nSPS) is 13.0. The van der Waals surface area contributed by atoms with Crippen LogP contribution in [-0.4, -0.2) is 19.6 Å². The van der Waals surface area contributed by atoms with Crippen molar-refractivity contribution >= 4 is 5.78 Å². The van der Waals surface area contributed by atoms with Crippen molar-refractivity contribution in [3.8, 4) is 11.5 Å². The van der Waals surface area contributed by atoms with Crippen LogP contribution in [0.25, 0.3) is 17.2 Å². The van der Waals surface area contributed by atoms with Crippen LogP contribution in [0.15, 0.2) is 28.9 Å². The minimum atomic E-state index is -4.98. The predicted octanol–water partition coefficient (Wildman–Crippen LogP) is 3.42. The maximum absolute atomic E-state index is 13.0. The number of halogens is 6. The lowest BCUT2D eigenvalue weighted by molar-refractivity contribution is -0.147. The molecular weight excluding hydrogens is 318 g/mol. The van der Waals surface area contributed by atoms with E-state index < -0.39 is 29.6 Å². The summed E-state index contributed by atoms with van der Waals surface area (Å²) in [5, 5.41) is 2.84. The number of nitrogens with zero attached hydrogens (tertiary/aromatic N) is 4. The second kappa shape index (κ2) is 4.45. The fourth-order valence-electron chi connectivity index (χ4n) is 1.74. The average Bonchev–Trinajstić information content (AvgIpc) is 3.04. The number of rotatable bonds is 1. The number of hydrogen-bond acceptors (Lipinski definition) is 4. The molecule has 0 unspecified atom stereocenters. The molecule has 3 rings (SSSR count). The molecule has 0 aliphatic heterocycles. The number of alkyl halides is 6. The molecule has 0 aliphatic carbocycles. The topological polar surface area (TPSA) is 56.2 Å². The summed E-state index contributed by atoms with van der Waals surface area (Å²) >= 11 is 0. The van der Waals surface area contributed by atoms with Gasteiger partial charge < -0.3 is 4.42 Å². The monoisotopic (exact) mass is 322 g/mol. The van der Waals surface area contributed by atoms with Crippen molar-refractivity contribution in [1.29, 1.82) is 0 Å². The summed E-state index contributed by atoms with van der Waals surface area (Å²) in [5.41, 5.74) is -1.74. The molecule has 0 spiro atoms. The molecule has 0 fully saturated rings. The fraction of sp³-hybridized carbons (Fsp3) is 0.182. The Morgan fingerprint density at radius 3 is 2.27 bits per heavy atom. The summed E-state index contributed by atoms with van der Waals surface area (Å²) in [6, 6.07) is 3.26. The summed E-state index contributed by atoms with van der Waals surface area (Å²) < 4.78 is 81.6. The van der Waals surface area contributed by atoms with E-state index >= 15 is 0 Å². The Balaban J connectivity index is 2.30. The van der Waals surface area contributed by atoms with E-state index in [0.29, 0.717) is 6.07 Å². The smallest absolute Gasteiger partial charge is 0.453 e. The first kappa shape index (κ1) is 14.4. The van der Waals surface area contributed by atoms with Crippen LogP contribution in [0.5, 0.6) is 0 Å². The lowest BCUT2D eigenvalue weighted by Gasteiger charge is -2.09. The molecule has 116 valence electrons. The quantitative estimate of drug-likeness (QED) is 0.644. The highest BCUT2D eigenvalue weighted by molar-refractivity contribution is 5.55. The molecule has 0 aliphatic rings. The first-order valence-corrected chi connectivity index (χ1v) is 5.62. The van der Waals surface area contributed by atoms with Gasteiger partial charge in [0.2, 0.25) is 0 Å². The van der Waals surface area contributed by atoms with Gasteiger partial charge in [-0.15, -0.1) is 5.10 Å². The van der Waals surface area contributed by atoms with E-state index in [2.05, 4.69) is 15.1 Å². The van der Waals surface area contributed by atoms with Crippen LogP contribution in [0.4, 0.5) is 26.3 Å². The van der Waals surface area contributed by atoms with Crippen molar-refractivity contribution in [2.45, 2.75) is 12.4 Å². The Labute approximate surface area is 117 Å². The minimum absolute atomic E-state index is 0.00919. The zero-order valence-corrected chi connectivity index (χ0v) is 10.3. The Bertz CT molecular complexity index is 818. The molecule has 0 bridgehead atoms. The SMILES string of the molecule is FC(F)(F)c1nc2nc(-c3ccco3)cc(C(F)(F)F)n2n1. The summed E-state index contributed by atoms with van der Waals surface area (Å²) in [6.45, 7) is 0. The first-order valence-electron chi connectivity index (χ1n) is 5.62. The predicted molar refractivity (Wildman–Crippen MR) is 58.5 cm³/mol. The average molecular weight is 322 g/mol. The van der Waals surface area contributed by atoms with Crippen molar-refractivity contribution < 1.29 is 30.8 Å². The highest BCUT2D eigenvalue weighted by Crippen LogP contribution is 2.33. The minimum Gasteiger partial charge on any atom is -0.463 e. The van der Waals surface area contributed by atoms with Crippen molar-refractivity contribution in [2.75, 3.05) is 0 Å². The molecule has 22 heavy (non-hydrogen) atoms. The molecular formula is C11H4F6N4O. The van der Waals surface area contributed by atoms with E-state index in [1.165, 1.54) is 18.4 Å². The largest absolute Gasteiger partial charge is 0.463 e. The third kappa shape index (κ3) is 2.38. The molecule has 11 heteroatoms.